The minimum absolute atomic E-state index is 0.293. The Morgan fingerprint density at radius 3 is 2.76 bits per heavy atom. The average Bonchev–Trinajstić information content (AvgIpc) is 2.71. The second-order valence-corrected chi connectivity index (χ2v) is 7.77. The third-order valence-corrected chi connectivity index (χ3v) is 6.80. The fourth-order valence-electron chi connectivity index (χ4n) is 1.37. The molecule has 98 valence electrons. The molecule has 1 rings (SSSR count). The normalized spacial score (nSPS) is 13.8. The van der Waals surface area contributed by atoms with Gasteiger partial charge < -0.3 is 0 Å². The van der Waals surface area contributed by atoms with Crippen molar-refractivity contribution >= 4 is 48.9 Å². The fraction of sp³-hybridized carbons (Fsp3) is 0.600. The van der Waals surface area contributed by atoms with Crippen molar-refractivity contribution < 1.29 is 8.42 Å². The monoisotopic (exact) mass is 359 g/mol. The molecule has 7 heteroatoms. The first-order valence-electron chi connectivity index (χ1n) is 5.30. The maximum absolute atomic E-state index is 12.0. The van der Waals surface area contributed by atoms with Gasteiger partial charge >= 0.3 is 0 Å². The third-order valence-electron chi connectivity index (χ3n) is 2.49. The van der Waals surface area contributed by atoms with Crippen molar-refractivity contribution in [2.75, 3.05) is 12.4 Å². The van der Waals surface area contributed by atoms with Crippen molar-refractivity contribution in [1.29, 1.82) is 0 Å². The number of thiophene rings is 1. The molecule has 1 unspecified atom stereocenters. The summed E-state index contributed by atoms with van der Waals surface area (Å²) in [6.07, 6.45) is 1.74. The Labute approximate surface area is 120 Å². The molecule has 0 spiro atoms. The smallest absolute Gasteiger partial charge is 0.210 e. The summed E-state index contributed by atoms with van der Waals surface area (Å²) in [7, 11) is -3.39. The maximum Gasteiger partial charge on any atom is 0.251 e. The van der Waals surface area contributed by atoms with Crippen molar-refractivity contribution in [3.05, 3.63) is 15.9 Å². The summed E-state index contributed by atoms with van der Waals surface area (Å²) >= 11 is 10.1. The quantitative estimate of drug-likeness (QED) is 0.757. The summed E-state index contributed by atoms with van der Waals surface area (Å²) in [5.74, 6) is 0.851. The SMILES string of the molecule is CCC(CCCl)CNS(=O)(=O)c1sccc1Br. The topological polar surface area (TPSA) is 46.2 Å². The molecule has 0 fully saturated rings. The van der Waals surface area contributed by atoms with Crippen LogP contribution in [-0.2, 0) is 10.0 Å². The largest absolute Gasteiger partial charge is 0.251 e. The van der Waals surface area contributed by atoms with E-state index in [9.17, 15) is 8.42 Å². The molecular formula is C10H15BrClNO2S2. The van der Waals surface area contributed by atoms with Gasteiger partial charge in [-0.15, -0.1) is 22.9 Å². The van der Waals surface area contributed by atoms with Crippen molar-refractivity contribution in [3.63, 3.8) is 0 Å². The first kappa shape index (κ1) is 15.4. The molecular weight excluding hydrogens is 346 g/mol. The molecule has 3 nitrogen and oxygen atoms in total. The van der Waals surface area contributed by atoms with E-state index >= 15 is 0 Å². The number of halogens is 2. The second-order valence-electron chi connectivity index (χ2n) is 3.66. The van der Waals surface area contributed by atoms with E-state index in [1.54, 1.807) is 11.4 Å². The highest BCUT2D eigenvalue weighted by molar-refractivity contribution is 9.10. The first-order valence-corrected chi connectivity index (χ1v) is 8.99. The molecule has 1 N–H and O–H groups in total. The van der Waals surface area contributed by atoms with Gasteiger partial charge in [0.05, 0.1) is 0 Å². The molecule has 0 aromatic carbocycles. The Morgan fingerprint density at radius 1 is 1.59 bits per heavy atom. The molecule has 17 heavy (non-hydrogen) atoms. The summed E-state index contributed by atoms with van der Waals surface area (Å²) in [6.45, 7) is 2.47. The maximum atomic E-state index is 12.0. The van der Waals surface area contributed by atoms with Gasteiger partial charge in [-0.25, -0.2) is 13.1 Å². The van der Waals surface area contributed by atoms with Crippen LogP contribution in [0.3, 0.4) is 0 Å². The van der Waals surface area contributed by atoms with E-state index in [1.165, 1.54) is 11.3 Å². The van der Waals surface area contributed by atoms with E-state index in [0.29, 0.717) is 27.0 Å². The molecule has 1 heterocycles. The zero-order valence-corrected chi connectivity index (χ0v) is 13.4. The highest BCUT2D eigenvalue weighted by atomic mass is 79.9. The zero-order chi connectivity index (χ0) is 12.9. The van der Waals surface area contributed by atoms with Crippen LogP contribution < -0.4 is 4.72 Å². The van der Waals surface area contributed by atoms with Crippen LogP contribution in [0.1, 0.15) is 19.8 Å². The van der Waals surface area contributed by atoms with Gasteiger partial charge in [0.25, 0.3) is 10.0 Å². The van der Waals surface area contributed by atoms with Crippen LogP contribution >= 0.6 is 38.9 Å². The average molecular weight is 361 g/mol. The van der Waals surface area contributed by atoms with Gasteiger partial charge in [-0.1, -0.05) is 13.3 Å². The van der Waals surface area contributed by atoms with Crippen LogP contribution in [0.5, 0.6) is 0 Å². The van der Waals surface area contributed by atoms with Crippen LogP contribution in [0.4, 0.5) is 0 Å². The van der Waals surface area contributed by atoms with Crippen molar-refractivity contribution in [3.8, 4) is 0 Å². The van der Waals surface area contributed by atoms with Gasteiger partial charge in [0.1, 0.15) is 4.21 Å². The lowest BCUT2D eigenvalue weighted by Gasteiger charge is -2.13. The van der Waals surface area contributed by atoms with Crippen molar-refractivity contribution in [2.24, 2.45) is 5.92 Å². The standard InChI is InChI=1S/C10H15BrClNO2S2/c1-2-8(3-5-12)7-13-17(14,15)10-9(11)4-6-16-10/h4,6,8,13H,2-3,5,7H2,1H3. The molecule has 1 aromatic rings. The molecule has 0 aliphatic rings. The minimum Gasteiger partial charge on any atom is -0.210 e. The predicted molar refractivity (Wildman–Crippen MR) is 76.3 cm³/mol. The lowest BCUT2D eigenvalue weighted by molar-refractivity contribution is 0.481. The van der Waals surface area contributed by atoms with Gasteiger partial charge in [0.2, 0.25) is 0 Å². The lowest BCUT2D eigenvalue weighted by atomic mass is 10.0. The van der Waals surface area contributed by atoms with Crippen LogP contribution in [-0.4, -0.2) is 20.8 Å². The summed E-state index contributed by atoms with van der Waals surface area (Å²) < 4.78 is 27.5. The van der Waals surface area contributed by atoms with E-state index in [-0.39, 0.29) is 0 Å². The summed E-state index contributed by atoms with van der Waals surface area (Å²) in [5, 5.41) is 1.74. The molecule has 0 saturated heterocycles. The molecule has 0 saturated carbocycles. The number of alkyl halides is 1. The fourth-order valence-corrected chi connectivity index (χ4v) is 5.17. The Hall–Kier alpha value is 0.380. The van der Waals surface area contributed by atoms with E-state index in [4.69, 9.17) is 11.6 Å². The highest BCUT2D eigenvalue weighted by Gasteiger charge is 2.20. The van der Waals surface area contributed by atoms with Gasteiger partial charge in [0.15, 0.2) is 0 Å². The molecule has 0 bridgehead atoms. The molecule has 0 aliphatic heterocycles. The van der Waals surface area contributed by atoms with Gasteiger partial charge in [-0.05, 0) is 39.7 Å². The Kier molecular flexibility index (Phi) is 6.44. The van der Waals surface area contributed by atoms with Gasteiger partial charge in [-0.3, -0.25) is 0 Å². The predicted octanol–water partition coefficient (Wildman–Crippen LogP) is 3.44. The molecule has 0 radical (unpaired) electrons. The first-order chi connectivity index (χ1) is 8.01. The number of hydrogen-bond acceptors (Lipinski definition) is 3. The van der Waals surface area contributed by atoms with E-state index in [1.807, 2.05) is 6.92 Å². The number of nitrogens with one attached hydrogen (secondary N) is 1. The number of rotatable bonds is 7. The molecule has 0 amide bonds. The summed E-state index contributed by atoms with van der Waals surface area (Å²) in [6, 6.07) is 1.73. The van der Waals surface area contributed by atoms with Crippen LogP contribution in [0.25, 0.3) is 0 Å². The van der Waals surface area contributed by atoms with Crippen molar-refractivity contribution in [2.45, 2.75) is 24.0 Å². The molecule has 0 aliphatic carbocycles. The van der Waals surface area contributed by atoms with Gasteiger partial charge in [-0.2, -0.15) is 0 Å². The summed E-state index contributed by atoms with van der Waals surface area (Å²) in [4.78, 5) is 0. The highest BCUT2D eigenvalue weighted by Crippen LogP contribution is 2.27. The minimum atomic E-state index is -3.39. The second kappa shape index (κ2) is 7.09. The molecule has 1 aromatic heterocycles. The van der Waals surface area contributed by atoms with Crippen LogP contribution in [0.2, 0.25) is 0 Å². The van der Waals surface area contributed by atoms with E-state index in [2.05, 4.69) is 20.7 Å². The zero-order valence-electron chi connectivity index (χ0n) is 9.45. The van der Waals surface area contributed by atoms with Crippen LogP contribution in [0.15, 0.2) is 20.1 Å². The van der Waals surface area contributed by atoms with E-state index < -0.39 is 10.0 Å². The van der Waals surface area contributed by atoms with Gasteiger partial charge in [0, 0.05) is 16.9 Å². The number of sulfonamides is 1. The lowest BCUT2D eigenvalue weighted by Crippen LogP contribution is -2.29. The third kappa shape index (κ3) is 4.52. The molecule has 1 atom stereocenters. The summed E-state index contributed by atoms with van der Waals surface area (Å²) in [5.41, 5.74) is 0. The Balaban J connectivity index is 2.65. The van der Waals surface area contributed by atoms with Crippen molar-refractivity contribution in [1.82, 2.24) is 4.72 Å². The van der Waals surface area contributed by atoms with Crippen LogP contribution in [0, 0.1) is 5.92 Å². The Bertz CT molecular complexity index is 447. The number of hydrogen-bond donors (Lipinski definition) is 1. The van der Waals surface area contributed by atoms with E-state index in [0.717, 1.165) is 12.8 Å². The Morgan fingerprint density at radius 2 is 2.29 bits per heavy atom.